The summed E-state index contributed by atoms with van der Waals surface area (Å²) in [6.45, 7) is 2.23. The van der Waals surface area contributed by atoms with Crippen molar-refractivity contribution in [3.63, 3.8) is 0 Å². The number of aromatic hydroxyl groups is 2. The average Bonchev–Trinajstić information content (AvgIpc) is 3.83. The fourth-order valence-corrected chi connectivity index (χ4v) is 9.62. The topological polar surface area (TPSA) is 409 Å². The van der Waals surface area contributed by atoms with Gasteiger partial charge in [0.1, 0.15) is 42.0 Å². The van der Waals surface area contributed by atoms with Gasteiger partial charge in [-0.1, -0.05) is 20.3 Å². The number of unbranched alkanes of at least 4 members (excludes halogenated alkanes) is 2. The van der Waals surface area contributed by atoms with Crippen molar-refractivity contribution in [2.24, 2.45) is 5.41 Å². The van der Waals surface area contributed by atoms with E-state index in [1.165, 1.54) is 43.2 Å². The number of nitrogens with one attached hydrogen (secondary N) is 2. The average molecular weight is 977 g/mol. The van der Waals surface area contributed by atoms with Gasteiger partial charge in [-0.15, -0.1) is 11.8 Å². The van der Waals surface area contributed by atoms with E-state index in [0.717, 1.165) is 23.6 Å². The number of carbonyl (C=O) groups is 3. The maximum absolute atomic E-state index is 12.7. The van der Waals surface area contributed by atoms with Gasteiger partial charge < -0.3 is 65.9 Å². The fourth-order valence-electron chi connectivity index (χ4n) is 5.94. The Morgan fingerprint density at radius 2 is 1.70 bits per heavy atom. The van der Waals surface area contributed by atoms with Gasteiger partial charge in [-0.25, -0.2) is 28.6 Å². The molecule has 0 spiro atoms. The number of hydrogen-bond donors (Lipinski definition) is 11. The molecule has 31 heteroatoms. The van der Waals surface area contributed by atoms with Crippen molar-refractivity contribution in [2.45, 2.75) is 95.0 Å². The first-order valence-electron chi connectivity index (χ1n) is 18.9. The lowest BCUT2D eigenvalue weighted by Gasteiger charge is -2.30. The minimum absolute atomic E-state index is 0.0225. The standard InChI is InChI=1S/C32H51N8O19P3S/c1-18(41)7-5-4-6-11-39-22(43)13-20(30(39)47)63-12-10-34-21(42)8-9-35-29(46)26(45)32(2,3)15-56-62(53,54)59-61(51,52)55-14-19-25(58-60(48,49)50)24(44)31(57-19)40-17-38-23-27(33)36-16-37-28(23)40/h13,16-17,19,24-26,31,43-45,47H,4-12,14-15H2,1-3H3,(H,34,42)(H,35,46)(H,51,52)(H,53,54)(H2,33,36,37)(H2,48,49,50). The van der Waals surface area contributed by atoms with Crippen molar-refractivity contribution >= 4 is 69.8 Å². The van der Waals surface area contributed by atoms with Gasteiger partial charge in [0.15, 0.2) is 23.6 Å². The van der Waals surface area contributed by atoms with Gasteiger partial charge in [0.25, 0.3) is 0 Å². The zero-order valence-corrected chi connectivity index (χ0v) is 37.5. The number of aliphatic hydroxyl groups is 2. The number of aliphatic hydroxyl groups excluding tert-OH is 2. The number of hydrogen-bond acceptors (Lipinski definition) is 20. The molecule has 12 N–H and O–H groups in total. The molecule has 2 amide bonds. The number of thioether (sulfide) groups is 1. The Morgan fingerprint density at radius 1 is 1.00 bits per heavy atom. The summed E-state index contributed by atoms with van der Waals surface area (Å²) < 4.78 is 63.6. The minimum Gasteiger partial charge on any atom is -0.494 e. The third-order valence-corrected chi connectivity index (χ3v) is 13.3. The van der Waals surface area contributed by atoms with Crippen molar-refractivity contribution in [1.29, 1.82) is 0 Å². The zero-order valence-electron chi connectivity index (χ0n) is 34.0. The molecular weight excluding hydrogens is 925 g/mol. The number of ketones is 1. The van der Waals surface area contributed by atoms with Crippen LogP contribution in [-0.2, 0) is 57.2 Å². The molecule has 0 aliphatic carbocycles. The number of anilines is 1. The van der Waals surface area contributed by atoms with E-state index in [1.54, 1.807) is 0 Å². The summed E-state index contributed by atoms with van der Waals surface area (Å²) in [6, 6.07) is 1.40. The second-order valence-corrected chi connectivity index (χ2v) is 20.1. The maximum Gasteiger partial charge on any atom is 0.481 e. The van der Waals surface area contributed by atoms with Crippen LogP contribution in [0.2, 0.25) is 0 Å². The molecule has 3 aromatic heterocycles. The Balaban J connectivity index is 1.19. The quantitative estimate of drug-likeness (QED) is 0.0297. The summed E-state index contributed by atoms with van der Waals surface area (Å²) >= 11 is 1.19. The molecule has 7 unspecified atom stereocenters. The number of Topliss-reactive ketones (excluding diaryl/α,β-unsaturated/α-hetero) is 1. The molecule has 63 heavy (non-hydrogen) atoms. The lowest BCUT2D eigenvalue weighted by Crippen LogP contribution is -2.46. The van der Waals surface area contributed by atoms with Crippen molar-refractivity contribution in [3.05, 3.63) is 18.7 Å². The molecule has 0 saturated carbocycles. The summed E-state index contributed by atoms with van der Waals surface area (Å²) in [4.78, 5) is 87.6. The number of nitrogens with zero attached hydrogens (tertiary/aromatic N) is 5. The summed E-state index contributed by atoms with van der Waals surface area (Å²) in [5, 5.41) is 47.2. The van der Waals surface area contributed by atoms with E-state index in [-0.39, 0.29) is 54.0 Å². The molecule has 4 heterocycles. The molecule has 7 atom stereocenters. The van der Waals surface area contributed by atoms with E-state index in [9.17, 15) is 68.1 Å². The number of carbonyl (C=O) groups excluding carboxylic acids is 3. The molecule has 3 aromatic rings. The fraction of sp³-hybridized carbons (Fsp3) is 0.625. The van der Waals surface area contributed by atoms with Gasteiger partial charge in [0.2, 0.25) is 17.7 Å². The van der Waals surface area contributed by atoms with Gasteiger partial charge >= 0.3 is 23.5 Å². The van der Waals surface area contributed by atoms with Gasteiger partial charge in [0, 0.05) is 49.7 Å². The summed E-state index contributed by atoms with van der Waals surface area (Å²) in [7, 11) is -16.5. The third kappa shape index (κ3) is 15.3. The lowest BCUT2D eigenvalue weighted by atomic mass is 9.87. The van der Waals surface area contributed by atoms with Crippen LogP contribution in [0.15, 0.2) is 23.6 Å². The van der Waals surface area contributed by atoms with Crippen LogP contribution in [0.25, 0.3) is 11.2 Å². The molecule has 0 bridgehead atoms. The van der Waals surface area contributed by atoms with Gasteiger partial charge in [-0.05, 0) is 19.8 Å². The number of nitrogen functional groups attached to an aromatic ring is 1. The number of phosphoric acid groups is 3. The highest BCUT2D eigenvalue weighted by molar-refractivity contribution is 7.99. The Bertz CT molecular complexity index is 2220. The number of ether oxygens (including phenoxy) is 1. The monoisotopic (exact) mass is 976 g/mol. The molecule has 0 aromatic carbocycles. The highest BCUT2D eigenvalue weighted by Crippen LogP contribution is 2.61. The number of amides is 2. The molecule has 27 nitrogen and oxygen atoms in total. The first-order valence-corrected chi connectivity index (χ1v) is 24.4. The van der Waals surface area contributed by atoms with Crippen LogP contribution in [0.4, 0.5) is 5.82 Å². The maximum atomic E-state index is 12.7. The second kappa shape index (κ2) is 22.1. The smallest absolute Gasteiger partial charge is 0.481 e. The Hall–Kier alpha value is -3.56. The number of nitrogens with two attached hydrogens (primary N) is 1. The minimum atomic E-state index is -5.59. The number of imidazole rings is 1. The molecule has 1 fully saturated rings. The van der Waals surface area contributed by atoms with Gasteiger partial charge in [0.05, 0.1) is 24.4 Å². The second-order valence-electron chi connectivity index (χ2n) is 14.8. The van der Waals surface area contributed by atoms with E-state index in [4.69, 9.17) is 19.5 Å². The normalized spacial score (nSPS) is 20.6. The molecule has 0 radical (unpaired) electrons. The predicted molar refractivity (Wildman–Crippen MR) is 217 cm³/mol. The summed E-state index contributed by atoms with van der Waals surface area (Å²) in [5.74, 6) is -1.34. The SMILES string of the molecule is CC(=O)CCCCCn1c(O)cc(SCCNC(=O)CCNC(=O)C(O)C(C)(C)COP(=O)(O)OP(=O)(O)OCC2OC(n3cnc4c(N)ncnc43)C(O)C2OP(=O)(O)O)c1O. The Morgan fingerprint density at radius 3 is 2.38 bits per heavy atom. The number of rotatable bonds is 26. The predicted octanol–water partition coefficient (Wildman–Crippen LogP) is 0.559. The molecule has 1 saturated heterocycles. The lowest BCUT2D eigenvalue weighted by molar-refractivity contribution is -0.137. The van der Waals surface area contributed by atoms with Gasteiger partial charge in [-0.2, -0.15) is 4.31 Å². The zero-order chi connectivity index (χ0) is 46.9. The Labute approximate surface area is 363 Å². The molecule has 4 rings (SSSR count). The van der Waals surface area contributed by atoms with Gasteiger partial charge in [-0.3, -0.25) is 32.3 Å². The van der Waals surface area contributed by atoms with Crippen molar-refractivity contribution in [1.82, 2.24) is 34.7 Å². The van der Waals surface area contributed by atoms with E-state index in [1.807, 2.05) is 0 Å². The van der Waals surface area contributed by atoms with Crippen LogP contribution in [0.1, 0.15) is 59.1 Å². The third-order valence-electron chi connectivity index (χ3n) is 9.18. The van der Waals surface area contributed by atoms with E-state index >= 15 is 0 Å². The largest absolute Gasteiger partial charge is 0.494 e. The number of aromatic nitrogens is 5. The molecule has 1 aliphatic rings. The van der Waals surface area contributed by atoms with Crippen LogP contribution >= 0.6 is 35.2 Å². The number of phosphoric ester groups is 3. The van der Waals surface area contributed by atoms with E-state index < -0.39 is 84.6 Å². The molecule has 354 valence electrons. The van der Waals surface area contributed by atoms with E-state index in [0.29, 0.717) is 36.5 Å². The van der Waals surface area contributed by atoms with Crippen LogP contribution in [-0.4, -0.2) is 138 Å². The first kappa shape index (κ1) is 52.1. The van der Waals surface area contributed by atoms with E-state index in [2.05, 4.69) is 34.4 Å². The van der Waals surface area contributed by atoms with Crippen LogP contribution in [0.5, 0.6) is 11.8 Å². The van der Waals surface area contributed by atoms with Crippen LogP contribution < -0.4 is 16.4 Å². The van der Waals surface area contributed by atoms with Crippen LogP contribution in [0, 0.1) is 5.41 Å². The summed E-state index contributed by atoms with van der Waals surface area (Å²) in [5.41, 5.74) is 4.22. The summed E-state index contributed by atoms with van der Waals surface area (Å²) in [6.07, 6.45) is -4.47. The molecule has 1 aliphatic heterocycles. The Kier molecular flexibility index (Phi) is 18.3. The van der Waals surface area contributed by atoms with Crippen molar-refractivity contribution in [3.8, 4) is 11.8 Å². The van der Waals surface area contributed by atoms with Crippen molar-refractivity contribution < 1.29 is 90.7 Å². The highest BCUT2D eigenvalue weighted by atomic mass is 32.2. The van der Waals surface area contributed by atoms with Crippen LogP contribution in [0.3, 0.4) is 0 Å². The molecular formula is C32H51N8O19P3S. The highest BCUT2D eigenvalue weighted by Gasteiger charge is 2.50. The van der Waals surface area contributed by atoms with Crippen molar-refractivity contribution in [2.75, 3.05) is 37.8 Å². The first-order chi connectivity index (χ1) is 29.3. The number of fused-ring (bicyclic) bond motifs is 1.